The fourth-order valence-electron chi connectivity index (χ4n) is 4.06. The van der Waals surface area contributed by atoms with Crippen LogP contribution in [0, 0.1) is 16.3 Å². The van der Waals surface area contributed by atoms with Gasteiger partial charge in [0.25, 0.3) is 11.5 Å². The lowest BCUT2D eigenvalue weighted by molar-refractivity contribution is -0.194. The number of ether oxygens (including phenoxy) is 4. The molecule has 1 heterocycles. The quantitative estimate of drug-likeness (QED) is 0.0504. The largest absolute Gasteiger partial charge is 0.462 e. The summed E-state index contributed by atoms with van der Waals surface area (Å²) in [5.41, 5.74) is 2.15. The molecule has 3 atom stereocenters. The van der Waals surface area contributed by atoms with Crippen LogP contribution in [0.2, 0.25) is 0 Å². The van der Waals surface area contributed by atoms with Crippen LogP contribution in [0.25, 0.3) is 0 Å². The highest BCUT2D eigenvalue weighted by Gasteiger charge is 2.21. The van der Waals surface area contributed by atoms with Crippen molar-refractivity contribution >= 4 is 57.8 Å². The highest BCUT2D eigenvalue weighted by atomic mass is 127. The Balaban J connectivity index is 1.74. The Hall–Kier alpha value is -3.65. The Morgan fingerprint density at radius 3 is 2.48 bits per heavy atom. The van der Waals surface area contributed by atoms with Crippen LogP contribution in [0.5, 0.6) is 0 Å². The van der Waals surface area contributed by atoms with Gasteiger partial charge in [0.1, 0.15) is 37.5 Å². The Morgan fingerprint density at radius 1 is 1.10 bits per heavy atom. The zero-order valence-electron chi connectivity index (χ0n) is 27.4. The molecule has 2 rings (SSSR count). The molecule has 2 amide bonds. The topological polar surface area (TPSA) is 193 Å². The van der Waals surface area contributed by atoms with Gasteiger partial charge < -0.3 is 34.7 Å². The van der Waals surface area contributed by atoms with Crippen molar-refractivity contribution in [3.8, 4) is 0 Å². The number of halogens is 2. The van der Waals surface area contributed by atoms with E-state index < -0.39 is 48.0 Å². The van der Waals surface area contributed by atoms with E-state index >= 15 is 0 Å². The van der Waals surface area contributed by atoms with E-state index in [0.29, 0.717) is 9.99 Å². The summed E-state index contributed by atoms with van der Waals surface area (Å²) in [7, 11) is 2.82. The van der Waals surface area contributed by atoms with Gasteiger partial charge in [-0.05, 0) is 73.5 Å². The highest BCUT2D eigenvalue weighted by Crippen LogP contribution is 2.24. The average molecular weight is 793 g/mol. The first kappa shape index (κ1) is 40.5. The van der Waals surface area contributed by atoms with Gasteiger partial charge in [0, 0.05) is 36.1 Å². The van der Waals surface area contributed by atoms with Crippen molar-refractivity contribution in [2.45, 2.75) is 64.9 Å². The number of esters is 2. The second kappa shape index (κ2) is 20.7. The molecule has 2 aromatic rings. The van der Waals surface area contributed by atoms with Crippen LogP contribution in [0.4, 0.5) is 15.9 Å². The number of aromatic nitrogens is 1. The second-order valence-electron chi connectivity index (χ2n) is 10.5. The summed E-state index contributed by atoms with van der Waals surface area (Å²) in [6.45, 7) is 3.90. The number of hydroxylamine groups is 1. The fraction of sp³-hybridized carbons (Fsp3) is 0.516. The smallest absolute Gasteiger partial charge is 0.328 e. The number of aryl methyl sites for hydroxylation is 1. The Morgan fingerprint density at radius 2 is 1.83 bits per heavy atom. The number of nitrogens with zero attached hydrogens (tertiary/aromatic N) is 1. The molecule has 15 nitrogen and oxygen atoms in total. The van der Waals surface area contributed by atoms with Gasteiger partial charge in [-0.3, -0.25) is 28.6 Å². The van der Waals surface area contributed by atoms with Crippen LogP contribution in [-0.2, 0) is 45.2 Å². The van der Waals surface area contributed by atoms with Crippen LogP contribution in [0.3, 0.4) is 0 Å². The predicted octanol–water partition coefficient (Wildman–Crippen LogP) is 2.36. The van der Waals surface area contributed by atoms with Gasteiger partial charge in [0.2, 0.25) is 5.91 Å². The molecule has 1 aromatic carbocycles. The SMILES string of the molecule is CCC(CO)OC(COC(=O)CCCC(=O)NC(C)C(=O)OCCONC(=O)c1cc(C)c(=O)n(C)c1Nc1ccc(I)cc1F)OC. The number of carbonyl (C=O) groups is 4. The molecule has 0 aliphatic heterocycles. The molecule has 0 radical (unpaired) electrons. The van der Waals surface area contributed by atoms with Crippen molar-refractivity contribution < 1.29 is 52.5 Å². The van der Waals surface area contributed by atoms with Gasteiger partial charge in [-0.1, -0.05) is 6.92 Å². The molecule has 48 heavy (non-hydrogen) atoms. The van der Waals surface area contributed by atoms with Gasteiger partial charge >= 0.3 is 11.9 Å². The monoisotopic (exact) mass is 792 g/mol. The molecule has 0 bridgehead atoms. The van der Waals surface area contributed by atoms with Gasteiger partial charge in [-0.2, -0.15) is 0 Å². The van der Waals surface area contributed by atoms with E-state index in [9.17, 15) is 33.5 Å². The fourth-order valence-corrected chi connectivity index (χ4v) is 4.51. The summed E-state index contributed by atoms with van der Waals surface area (Å²) in [4.78, 5) is 67.1. The van der Waals surface area contributed by atoms with Crippen molar-refractivity contribution in [1.29, 1.82) is 0 Å². The minimum absolute atomic E-state index is 0.00508. The number of aliphatic hydroxyl groups is 1. The summed E-state index contributed by atoms with van der Waals surface area (Å²) in [6, 6.07) is 4.78. The molecular weight excluding hydrogens is 750 g/mol. The van der Waals surface area contributed by atoms with E-state index in [0.717, 1.165) is 0 Å². The molecule has 1 aromatic heterocycles. The minimum Gasteiger partial charge on any atom is -0.462 e. The Bertz CT molecular complexity index is 1470. The van der Waals surface area contributed by atoms with E-state index in [2.05, 4.69) is 16.1 Å². The lowest BCUT2D eigenvalue weighted by Gasteiger charge is -2.21. The van der Waals surface area contributed by atoms with Crippen LogP contribution in [-0.4, -0.2) is 85.4 Å². The molecular formula is C31H42FIN4O11. The molecule has 17 heteroatoms. The number of nitrogens with one attached hydrogen (secondary N) is 3. The van der Waals surface area contributed by atoms with Crippen molar-refractivity contribution in [2.75, 3.05) is 38.9 Å². The first-order valence-corrected chi connectivity index (χ1v) is 16.1. The Kier molecular flexibility index (Phi) is 17.4. The maximum absolute atomic E-state index is 14.5. The average Bonchev–Trinajstić information content (AvgIpc) is 3.05. The van der Waals surface area contributed by atoms with E-state index in [1.807, 2.05) is 29.5 Å². The Labute approximate surface area is 290 Å². The molecule has 0 saturated carbocycles. The third kappa shape index (κ3) is 13.1. The van der Waals surface area contributed by atoms with E-state index in [1.165, 1.54) is 50.8 Å². The van der Waals surface area contributed by atoms with Gasteiger partial charge in [0.15, 0.2) is 6.29 Å². The third-order valence-corrected chi connectivity index (χ3v) is 7.45. The molecule has 266 valence electrons. The minimum atomic E-state index is -0.999. The summed E-state index contributed by atoms with van der Waals surface area (Å²) < 4.78 is 37.0. The molecule has 3 unspecified atom stereocenters. The summed E-state index contributed by atoms with van der Waals surface area (Å²) in [6.07, 6.45) is -0.667. The molecule has 0 fully saturated rings. The van der Waals surface area contributed by atoms with Gasteiger partial charge in [-0.25, -0.2) is 14.7 Å². The van der Waals surface area contributed by atoms with Crippen LogP contribution >= 0.6 is 22.6 Å². The van der Waals surface area contributed by atoms with E-state index in [-0.39, 0.29) is 73.9 Å². The van der Waals surface area contributed by atoms with Crippen molar-refractivity contribution in [3.63, 3.8) is 0 Å². The van der Waals surface area contributed by atoms with Gasteiger partial charge in [0.05, 0.1) is 24.0 Å². The lowest BCUT2D eigenvalue weighted by Crippen LogP contribution is -2.40. The maximum Gasteiger partial charge on any atom is 0.328 e. The number of benzene rings is 1. The molecule has 0 spiro atoms. The highest BCUT2D eigenvalue weighted by molar-refractivity contribution is 14.1. The summed E-state index contributed by atoms with van der Waals surface area (Å²) in [5, 5.41) is 14.5. The van der Waals surface area contributed by atoms with Crippen molar-refractivity contribution in [3.05, 3.63) is 55.1 Å². The number of pyridine rings is 1. The van der Waals surface area contributed by atoms with Crippen LogP contribution in [0.1, 0.15) is 55.5 Å². The second-order valence-corrected chi connectivity index (χ2v) is 11.7. The summed E-state index contributed by atoms with van der Waals surface area (Å²) >= 11 is 1.96. The number of aliphatic hydroxyl groups excluding tert-OH is 1. The standard InChI is InChI=1S/C31H42FIN4O11/c1-6-21(16-38)48-27(44-5)17-46-26(40)9-7-8-25(39)34-19(3)31(43)45-12-13-47-36-29(41)22-14-18(2)30(42)37(4)28(22)35-24-11-10-20(33)15-23(24)32/h10-11,14-15,19,21,27,35,38H,6-9,12-13,16-17H2,1-5H3,(H,34,39)(H,36,41). The maximum atomic E-state index is 14.5. The van der Waals surface area contributed by atoms with Crippen LogP contribution in [0.15, 0.2) is 29.1 Å². The number of methoxy groups -OCH3 is 1. The number of amides is 2. The van der Waals surface area contributed by atoms with Crippen molar-refractivity contribution in [2.24, 2.45) is 7.05 Å². The van der Waals surface area contributed by atoms with Gasteiger partial charge in [-0.15, -0.1) is 0 Å². The first-order chi connectivity index (χ1) is 22.8. The lowest BCUT2D eigenvalue weighted by atomic mass is 10.1. The van der Waals surface area contributed by atoms with E-state index in [1.54, 1.807) is 6.07 Å². The molecule has 0 aliphatic carbocycles. The number of hydrogen-bond acceptors (Lipinski definition) is 12. The zero-order valence-corrected chi connectivity index (χ0v) is 29.6. The molecule has 4 N–H and O–H groups in total. The normalized spacial score (nSPS) is 12.8. The number of carbonyl (C=O) groups excluding carboxylic acids is 4. The molecule has 0 aliphatic rings. The molecule has 0 saturated heterocycles. The number of rotatable bonds is 20. The first-order valence-electron chi connectivity index (χ1n) is 15.1. The zero-order chi connectivity index (χ0) is 35.8. The van der Waals surface area contributed by atoms with Crippen molar-refractivity contribution in [1.82, 2.24) is 15.4 Å². The third-order valence-electron chi connectivity index (χ3n) is 6.78. The summed E-state index contributed by atoms with van der Waals surface area (Å²) in [5.74, 6) is -3.08. The van der Waals surface area contributed by atoms with E-state index in [4.69, 9.17) is 23.8 Å². The van der Waals surface area contributed by atoms with Crippen LogP contribution < -0.4 is 21.7 Å². The number of hydrogen-bond donors (Lipinski definition) is 4. The number of anilines is 2. The predicted molar refractivity (Wildman–Crippen MR) is 179 cm³/mol.